The number of hydrogen-bond donors (Lipinski definition) is 0. The van der Waals surface area contributed by atoms with Crippen LogP contribution in [-0.2, 0) is 0 Å². The molecule has 11 aromatic carbocycles. The Hall–Kier alpha value is -8.60. The quantitative estimate of drug-likeness (QED) is 0.128. The minimum absolute atomic E-state index is 0.798. The van der Waals surface area contributed by atoms with Crippen LogP contribution in [0.3, 0.4) is 0 Å². The summed E-state index contributed by atoms with van der Waals surface area (Å²) in [6, 6.07) is 64.4. The zero-order valence-electron chi connectivity index (χ0n) is 62.2. The van der Waals surface area contributed by atoms with Crippen molar-refractivity contribution in [3.8, 4) is 23.0 Å². The molecular weight excluding hydrogens is 1140 g/mol. The maximum atomic E-state index is 5.78. The van der Waals surface area contributed by atoms with E-state index in [1.807, 2.05) is 13.8 Å². The Bertz CT molecular complexity index is 3820. The average Bonchev–Trinajstić information content (AvgIpc) is 0.797. The summed E-state index contributed by atoms with van der Waals surface area (Å²) < 4.78 is 22.5. The third kappa shape index (κ3) is 25.4. The molecule has 498 valence electrons. The number of ether oxygens (including phenoxy) is 4. The van der Waals surface area contributed by atoms with Crippen LogP contribution in [0.15, 0.2) is 182 Å². The third-order valence-corrected chi connectivity index (χ3v) is 17.0. The first-order valence-corrected chi connectivity index (χ1v) is 33.8. The van der Waals surface area contributed by atoms with Crippen LogP contribution in [0.4, 0.5) is 0 Å². The van der Waals surface area contributed by atoms with Crippen LogP contribution in [0, 0.1) is 138 Å². The lowest BCUT2D eigenvalue weighted by atomic mass is 10.0. The van der Waals surface area contributed by atoms with Crippen LogP contribution in [0.1, 0.15) is 151 Å². The van der Waals surface area contributed by atoms with Gasteiger partial charge in [0.2, 0.25) is 0 Å². The molecule has 0 spiro atoms. The summed E-state index contributed by atoms with van der Waals surface area (Å²) in [5.41, 5.74) is 26.4. The van der Waals surface area contributed by atoms with Crippen molar-refractivity contribution in [3.05, 3.63) is 293 Å². The molecule has 0 aromatic heterocycles. The molecule has 0 saturated carbocycles. The van der Waals surface area contributed by atoms with Crippen LogP contribution < -0.4 is 18.9 Å². The van der Waals surface area contributed by atoms with Crippen molar-refractivity contribution in [2.75, 3.05) is 27.4 Å². The van der Waals surface area contributed by atoms with Gasteiger partial charge in [-0.1, -0.05) is 235 Å². The second-order valence-corrected chi connectivity index (χ2v) is 25.7. The van der Waals surface area contributed by atoms with E-state index in [4.69, 9.17) is 18.9 Å². The van der Waals surface area contributed by atoms with Gasteiger partial charge in [-0.25, -0.2) is 0 Å². The summed E-state index contributed by atoms with van der Waals surface area (Å²) in [5.74, 6) is 3.83. The maximum Gasteiger partial charge on any atom is 0.129 e. The molecule has 0 heterocycles. The number of methoxy groups -OCH3 is 2. The summed E-state index contributed by atoms with van der Waals surface area (Å²) in [7, 11) is 3.40. The molecule has 0 radical (unpaired) electrons. The average molecular weight is 1260 g/mol. The summed E-state index contributed by atoms with van der Waals surface area (Å²) in [5, 5.41) is 7.62. The van der Waals surface area contributed by atoms with E-state index in [0.717, 1.165) is 94.9 Å². The fourth-order valence-electron chi connectivity index (χ4n) is 10.8. The number of fused-ring (bicyclic) bond motifs is 3. The van der Waals surface area contributed by atoms with E-state index in [0.29, 0.717) is 0 Å². The largest absolute Gasteiger partial charge is 0.496 e. The molecule has 0 aliphatic rings. The van der Waals surface area contributed by atoms with E-state index in [-0.39, 0.29) is 0 Å². The standard InChI is InChI=1S/C16H26O2.C14H16O2.2C12H12.C10H14.2C9H12.C8H10/c1-5-7-9-17-15-11-14(4)16(12-13(15)3)18-10-8-6-2;1-9-5-7-12-11(13(9)15-3)8-6-10(2)14(12)16-4;1-9-3-5-12-8-10(2)4-6-11(12)7-9;1-9-7-8-10(2)12-6-4-3-5-11(9)12;1-7-5-9(3)10(4)6-8(7)2;1-7-4-8(2)6-9(3)5-7;1-7-5-4-6-8(2)9(7)3;1-7-3-5-8(2)6-4-7/h11-12H,5-10H2,1-4H3;5-8H,1-4H3;2*3-8H,1-2H3;5-6H,1-4H3;2*4-6H,1-3H3;3-6H,1-2H3. The molecule has 4 nitrogen and oxygen atoms in total. The fraction of sp³-hybridized carbons (Fsp3) is 0.333. The fourth-order valence-corrected chi connectivity index (χ4v) is 10.8. The van der Waals surface area contributed by atoms with Gasteiger partial charge in [-0.2, -0.15) is 0 Å². The Morgan fingerprint density at radius 2 is 0.574 bits per heavy atom. The molecular formula is C90H114O4. The van der Waals surface area contributed by atoms with Gasteiger partial charge in [-0.05, 0) is 257 Å². The lowest BCUT2D eigenvalue weighted by Gasteiger charge is -2.14. The first-order chi connectivity index (χ1) is 44.7. The number of rotatable bonds is 10. The van der Waals surface area contributed by atoms with Crippen molar-refractivity contribution in [2.24, 2.45) is 0 Å². The monoisotopic (exact) mass is 1260 g/mol. The summed E-state index contributed by atoms with van der Waals surface area (Å²) >= 11 is 0. The maximum absolute atomic E-state index is 5.78. The lowest BCUT2D eigenvalue weighted by Crippen LogP contribution is -2.02. The smallest absolute Gasteiger partial charge is 0.129 e. The highest BCUT2D eigenvalue weighted by atomic mass is 16.5. The Kier molecular flexibility index (Phi) is 33.0. The number of benzene rings is 11. The molecule has 0 atom stereocenters. The highest BCUT2D eigenvalue weighted by Crippen LogP contribution is 2.37. The van der Waals surface area contributed by atoms with Crippen molar-refractivity contribution >= 4 is 32.3 Å². The predicted molar refractivity (Wildman–Crippen MR) is 413 cm³/mol. The first kappa shape index (κ1) is 77.8. The van der Waals surface area contributed by atoms with Gasteiger partial charge < -0.3 is 18.9 Å². The van der Waals surface area contributed by atoms with Gasteiger partial charge in [0.25, 0.3) is 0 Å². The highest BCUT2D eigenvalue weighted by Gasteiger charge is 2.11. The van der Waals surface area contributed by atoms with Crippen molar-refractivity contribution in [2.45, 2.75) is 178 Å². The first-order valence-electron chi connectivity index (χ1n) is 33.8. The molecule has 94 heavy (non-hydrogen) atoms. The number of hydrogen-bond acceptors (Lipinski definition) is 4. The number of unbranched alkanes of at least 4 members (excludes halogenated alkanes) is 2. The van der Waals surface area contributed by atoms with Crippen LogP contribution in [0.25, 0.3) is 32.3 Å². The topological polar surface area (TPSA) is 36.9 Å². The zero-order valence-corrected chi connectivity index (χ0v) is 62.2. The molecule has 0 aliphatic heterocycles. The summed E-state index contributed by atoms with van der Waals surface area (Å²) in [4.78, 5) is 0. The van der Waals surface area contributed by atoms with Crippen LogP contribution in [0.5, 0.6) is 23.0 Å². The Balaban J connectivity index is 0.000000232. The van der Waals surface area contributed by atoms with Gasteiger partial charge in [-0.15, -0.1) is 0 Å². The van der Waals surface area contributed by atoms with Crippen molar-refractivity contribution < 1.29 is 18.9 Å². The molecule has 0 unspecified atom stereocenters. The van der Waals surface area contributed by atoms with E-state index < -0.39 is 0 Å². The lowest BCUT2D eigenvalue weighted by molar-refractivity contribution is 0.297. The normalized spacial score (nSPS) is 10.2. The van der Waals surface area contributed by atoms with Crippen LogP contribution >= 0.6 is 0 Å². The Morgan fingerprint density at radius 3 is 0.894 bits per heavy atom. The van der Waals surface area contributed by atoms with E-state index in [1.54, 1.807) is 14.2 Å². The SMILES string of the molecule is CCCCOc1cc(C)c(OCCCC)cc1C.COc1c(C)ccc2c(OC)c(C)ccc12.Cc1cc(C)c(C)cc1C.Cc1cc(C)cc(C)c1.Cc1ccc(C)c2ccccc12.Cc1ccc(C)cc1.Cc1ccc2cc(C)ccc2c1.Cc1cccc(C)c1C. The molecule has 0 saturated heterocycles. The van der Waals surface area contributed by atoms with Gasteiger partial charge in [0, 0.05) is 10.8 Å². The minimum atomic E-state index is 0.798. The van der Waals surface area contributed by atoms with E-state index in [2.05, 4.69) is 320 Å². The van der Waals surface area contributed by atoms with Crippen molar-refractivity contribution in [1.82, 2.24) is 0 Å². The highest BCUT2D eigenvalue weighted by molar-refractivity contribution is 5.95. The van der Waals surface area contributed by atoms with E-state index >= 15 is 0 Å². The van der Waals surface area contributed by atoms with Gasteiger partial charge in [0.1, 0.15) is 23.0 Å². The Morgan fingerprint density at radius 1 is 0.245 bits per heavy atom. The molecule has 0 amide bonds. The zero-order chi connectivity index (χ0) is 69.6. The molecule has 0 bridgehead atoms. The van der Waals surface area contributed by atoms with Crippen molar-refractivity contribution in [3.63, 3.8) is 0 Å². The van der Waals surface area contributed by atoms with E-state index in [1.165, 1.54) is 111 Å². The van der Waals surface area contributed by atoms with E-state index in [9.17, 15) is 0 Å². The van der Waals surface area contributed by atoms with Crippen LogP contribution in [0.2, 0.25) is 0 Å². The molecule has 11 rings (SSSR count). The van der Waals surface area contributed by atoms with Gasteiger partial charge in [-0.3, -0.25) is 0 Å². The third-order valence-electron chi connectivity index (χ3n) is 17.0. The molecule has 0 N–H and O–H groups in total. The molecule has 0 aliphatic carbocycles. The second kappa shape index (κ2) is 39.8. The van der Waals surface area contributed by atoms with Crippen LogP contribution in [-0.4, -0.2) is 27.4 Å². The van der Waals surface area contributed by atoms with Crippen molar-refractivity contribution in [1.29, 1.82) is 0 Å². The minimum Gasteiger partial charge on any atom is -0.496 e. The number of aryl methyl sites for hydroxylation is 19. The summed E-state index contributed by atoms with van der Waals surface area (Å²) in [6.07, 6.45) is 4.53. The molecule has 11 aromatic rings. The predicted octanol–water partition coefficient (Wildman–Crippen LogP) is 25.5. The van der Waals surface area contributed by atoms with Gasteiger partial charge in [0.15, 0.2) is 0 Å². The summed E-state index contributed by atoms with van der Waals surface area (Å²) in [6.45, 7) is 48.4. The molecule has 0 fully saturated rings. The van der Waals surface area contributed by atoms with Gasteiger partial charge >= 0.3 is 0 Å². The molecule has 4 heteroatoms. The second-order valence-electron chi connectivity index (χ2n) is 25.7. The Labute approximate surface area is 569 Å². The van der Waals surface area contributed by atoms with Gasteiger partial charge in [0.05, 0.1) is 27.4 Å².